The van der Waals surface area contributed by atoms with E-state index in [1.807, 2.05) is 76.2 Å². The average Bonchev–Trinajstić information content (AvgIpc) is 2.79. The van der Waals surface area contributed by atoms with Crippen molar-refractivity contribution < 1.29 is 14.3 Å². The van der Waals surface area contributed by atoms with E-state index in [0.29, 0.717) is 23.4 Å². The lowest BCUT2D eigenvalue weighted by atomic mass is 10.1. The number of carbonyl (C=O) groups excluding carboxylic acids is 2. The quantitative estimate of drug-likeness (QED) is 0.489. The zero-order valence-corrected chi connectivity index (χ0v) is 19.0. The third-order valence-electron chi connectivity index (χ3n) is 5.34. The summed E-state index contributed by atoms with van der Waals surface area (Å²) in [7, 11) is 0. The molecule has 0 aliphatic rings. The minimum Gasteiger partial charge on any atom is -0.480 e. The van der Waals surface area contributed by atoms with Gasteiger partial charge in [-0.2, -0.15) is 0 Å². The second-order valence-electron chi connectivity index (χ2n) is 7.92. The van der Waals surface area contributed by atoms with Crippen molar-refractivity contribution in [1.82, 2.24) is 5.32 Å². The summed E-state index contributed by atoms with van der Waals surface area (Å²) in [6.07, 6.45) is -0.172. The molecule has 0 aliphatic carbocycles. The Balaban J connectivity index is 1.72. The highest BCUT2D eigenvalue weighted by molar-refractivity contribution is 6.04. The van der Waals surface area contributed by atoms with Crippen molar-refractivity contribution in [3.63, 3.8) is 0 Å². The van der Waals surface area contributed by atoms with E-state index >= 15 is 0 Å². The van der Waals surface area contributed by atoms with Gasteiger partial charge in [0.05, 0.1) is 17.3 Å². The maximum absolute atomic E-state index is 13.0. The first kappa shape index (κ1) is 23.1. The molecule has 2 unspecified atom stereocenters. The smallest absolute Gasteiger partial charge is 0.265 e. The molecule has 3 aromatic carbocycles. The molecule has 5 nitrogen and oxygen atoms in total. The molecule has 3 rings (SSSR count). The molecule has 3 aromatic rings. The molecule has 0 saturated heterocycles. The van der Waals surface area contributed by atoms with Gasteiger partial charge in [-0.15, -0.1) is 0 Å². The summed E-state index contributed by atoms with van der Waals surface area (Å²) in [6.45, 7) is 7.80. The minimum atomic E-state index is -0.671. The van der Waals surface area contributed by atoms with Gasteiger partial charge in [0.15, 0.2) is 6.10 Å². The van der Waals surface area contributed by atoms with E-state index in [4.69, 9.17) is 4.74 Å². The molecule has 0 fully saturated rings. The molecule has 0 aromatic heterocycles. The van der Waals surface area contributed by atoms with Crippen molar-refractivity contribution >= 4 is 17.5 Å². The van der Waals surface area contributed by atoms with E-state index in [1.165, 1.54) is 0 Å². The van der Waals surface area contributed by atoms with Gasteiger partial charge < -0.3 is 15.4 Å². The van der Waals surface area contributed by atoms with Gasteiger partial charge in [-0.05, 0) is 56.5 Å². The molecule has 0 heterocycles. The maximum atomic E-state index is 13.0. The SMILES string of the molecule is CCC(Oc1ccc(C)cc1C)C(=O)Nc1ccccc1C(=O)NC(C)c1ccccc1. The number of benzene rings is 3. The highest BCUT2D eigenvalue weighted by atomic mass is 16.5. The monoisotopic (exact) mass is 430 g/mol. The van der Waals surface area contributed by atoms with E-state index in [0.717, 1.165) is 16.7 Å². The van der Waals surface area contributed by atoms with Crippen LogP contribution in [0.1, 0.15) is 53.4 Å². The number of para-hydroxylation sites is 1. The van der Waals surface area contributed by atoms with E-state index < -0.39 is 6.10 Å². The second kappa shape index (κ2) is 10.6. The molecule has 166 valence electrons. The largest absolute Gasteiger partial charge is 0.480 e. The lowest BCUT2D eigenvalue weighted by Crippen LogP contribution is -2.34. The zero-order valence-electron chi connectivity index (χ0n) is 19.0. The average molecular weight is 431 g/mol. The minimum absolute atomic E-state index is 0.163. The Bertz CT molecular complexity index is 1080. The first-order chi connectivity index (χ1) is 15.4. The molecule has 5 heteroatoms. The van der Waals surface area contributed by atoms with Gasteiger partial charge in [-0.3, -0.25) is 9.59 Å². The number of hydrogen-bond donors (Lipinski definition) is 2. The highest BCUT2D eigenvalue weighted by Gasteiger charge is 2.22. The predicted octanol–water partition coefficient (Wildman–Crippen LogP) is 5.59. The standard InChI is InChI=1S/C27H30N2O3/c1-5-24(32-25-16-15-18(2)17-19(25)3)27(31)29-23-14-10-9-13-22(23)26(30)28-20(4)21-11-7-6-8-12-21/h6-17,20,24H,5H2,1-4H3,(H,28,30)(H,29,31). The summed E-state index contributed by atoms with van der Waals surface area (Å²) < 4.78 is 5.99. The zero-order chi connectivity index (χ0) is 23.1. The Kier molecular flexibility index (Phi) is 7.66. The van der Waals surface area contributed by atoms with E-state index in [9.17, 15) is 9.59 Å². The summed E-state index contributed by atoms with van der Waals surface area (Å²) in [4.78, 5) is 25.9. The number of hydrogen-bond acceptors (Lipinski definition) is 3. The van der Waals surface area contributed by atoms with Crippen LogP contribution in [0.15, 0.2) is 72.8 Å². The fraction of sp³-hybridized carbons (Fsp3) is 0.259. The number of nitrogens with one attached hydrogen (secondary N) is 2. The molecule has 0 spiro atoms. The molecule has 2 amide bonds. The van der Waals surface area contributed by atoms with Crippen LogP contribution >= 0.6 is 0 Å². The summed E-state index contributed by atoms with van der Waals surface area (Å²) in [5, 5.41) is 5.88. The number of aryl methyl sites for hydroxylation is 2. The third-order valence-corrected chi connectivity index (χ3v) is 5.34. The highest BCUT2D eigenvalue weighted by Crippen LogP contribution is 2.23. The van der Waals surface area contributed by atoms with Crippen LogP contribution in [0.2, 0.25) is 0 Å². The van der Waals surface area contributed by atoms with E-state index in [-0.39, 0.29) is 17.9 Å². The number of amides is 2. The van der Waals surface area contributed by atoms with Crippen molar-refractivity contribution in [2.24, 2.45) is 0 Å². The van der Waals surface area contributed by atoms with Gasteiger partial charge in [0.1, 0.15) is 5.75 Å². The number of anilines is 1. The fourth-order valence-corrected chi connectivity index (χ4v) is 3.51. The Morgan fingerprint density at radius 2 is 1.62 bits per heavy atom. The van der Waals surface area contributed by atoms with Gasteiger partial charge in [0.2, 0.25) is 0 Å². The molecule has 2 N–H and O–H groups in total. The molecular weight excluding hydrogens is 400 g/mol. The summed E-state index contributed by atoms with van der Waals surface area (Å²) >= 11 is 0. The van der Waals surface area contributed by atoms with Crippen LogP contribution in [0.25, 0.3) is 0 Å². The van der Waals surface area contributed by atoms with Crippen LogP contribution in [-0.2, 0) is 4.79 Å². The van der Waals surface area contributed by atoms with Crippen LogP contribution in [0.3, 0.4) is 0 Å². The topological polar surface area (TPSA) is 67.4 Å². The lowest BCUT2D eigenvalue weighted by Gasteiger charge is -2.20. The van der Waals surface area contributed by atoms with Gasteiger partial charge in [-0.25, -0.2) is 0 Å². The van der Waals surface area contributed by atoms with Gasteiger partial charge in [-0.1, -0.05) is 67.1 Å². The Hall–Kier alpha value is -3.60. The number of carbonyl (C=O) groups is 2. The van der Waals surface area contributed by atoms with Crippen LogP contribution in [0.5, 0.6) is 5.75 Å². The Morgan fingerprint density at radius 3 is 2.31 bits per heavy atom. The molecule has 32 heavy (non-hydrogen) atoms. The summed E-state index contributed by atoms with van der Waals surface area (Å²) in [6, 6.07) is 22.4. The van der Waals surface area contributed by atoms with Gasteiger partial charge in [0.25, 0.3) is 11.8 Å². The van der Waals surface area contributed by atoms with Crippen LogP contribution in [0, 0.1) is 13.8 Å². The number of ether oxygens (including phenoxy) is 1. The molecule has 0 saturated carbocycles. The first-order valence-electron chi connectivity index (χ1n) is 10.9. The van der Waals surface area contributed by atoms with Crippen molar-refractivity contribution in [1.29, 1.82) is 0 Å². The van der Waals surface area contributed by atoms with Crippen molar-refractivity contribution in [2.45, 2.75) is 46.3 Å². The maximum Gasteiger partial charge on any atom is 0.265 e. The van der Waals surface area contributed by atoms with Crippen LogP contribution < -0.4 is 15.4 Å². The summed E-state index contributed by atoms with van der Waals surface area (Å²) in [5.41, 5.74) is 3.99. The molecule has 0 aliphatic heterocycles. The van der Waals surface area contributed by atoms with Gasteiger partial charge in [0, 0.05) is 0 Å². The lowest BCUT2D eigenvalue weighted by molar-refractivity contribution is -0.122. The first-order valence-corrected chi connectivity index (χ1v) is 10.9. The molecular formula is C27H30N2O3. The van der Waals surface area contributed by atoms with E-state index in [2.05, 4.69) is 10.6 Å². The fourth-order valence-electron chi connectivity index (χ4n) is 3.51. The third kappa shape index (κ3) is 5.76. The Labute approximate surface area is 189 Å². The Morgan fingerprint density at radius 1 is 0.938 bits per heavy atom. The van der Waals surface area contributed by atoms with Crippen molar-refractivity contribution in [3.05, 3.63) is 95.1 Å². The molecule has 2 atom stereocenters. The van der Waals surface area contributed by atoms with Crippen LogP contribution in [-0.4, -0.2) is 17.9 Å². The van der Waals surface area contributed by atoms with Crippen LogP contribution in [0.4, 0.5) is 5.69 Å². The number of rotatable bonds is 8. The predicted molar refractivity (Wildman–Crippen MR) is 128 cm³/mol. The normalized spacial score (nSPS) is 12.5. The van der Waals surface area contributed by atoms with Crippen molar-refractivity contribution in [2.75, 3.05) is 5.32 Å². The van der Waals surface area contributed by atoms with E-state index in [1.54, 1.807) is 24.3 Å². The van der Waals surface area contributed by atoms with Crippen molar-refractivity contribution in [3.8, 4) is 5.75 Å². The molecule has 0 bridgehead atoms. The van der Waals surface area contributed by atoms with Gasteiger partial charge >= 0.3 is 0 Å². The second-order valence-corrected chi connectivity index (χ2v) is 7.92. The molecule has 0 radical (unpaired) electrons. The summed E-state index contributed by atoms with van der Waals surface area (Å²) in [5.74, 6) is 0.143.